The molecule has 118 valence electrons. The Labute approximate surface area is 130 Å². The zero-order chi connectivity index (χ0) is 16.5. The van der Waals surface area contributed by atoms with Gasteiger partial charge in [0.2, 0.25) is 5.91 Å². The van der Waals surface area contributed by atoms with Crippen LogP contribution in [0.5, 0.6) is 0 Å². The molecule has 1 N–H and O–H groups in total. The topological polar surface area (TPSA) is 80.9 Å². The van der Waals surface area contributed by atoms with E-state index >= 15 is 0 Å². The van der Waals surface area contributed by atoms with Gasteiger partial charge < -0.3 is 9.84 Å². The Bertz CT molecular complexity index is 689. The Morgan fingerprint density at radius 1 is 1.27 bits per heavy atom. The number of rotatable bonds is 4. The average molecular weight is 302 g/mol. The summed E-state index contributed by atoms with van der Waals surface area (Å²) < 4.78 is 5.40. The van der Waals surface area contributed by atoms with E-state index in [2.05, 4.69) is 34.3 Å². The van der Waals surface area contributed by atoms with E-state index in [1.807, 2.05) is 32.9 Å². The number of aryl methyl sites for hydroxylation is 1. The van der Waals surface area contributed by atoms with Crippen LogP contribution in [0.3, 0.4) is 0 Å². The van der Waals surface area contributed by atoms with Crippen LogP contribution >= 0.6 is 0 Å². The van der Waals surface area contributed by atoms with Crippen molar-refractivity contribution in [2.75, 3.05) is 0 Å². The fourth-order valence-electron chi connectivity index (χ4n) is 2.28. The maximum Gasteiger partial charge on any atom is 0.259 e. The third-order valence-electron chi connectivity index (χ3n) is 3.31. The summed E-state index contributed by atoms with van der Waals surface area (Å²) in [6.07, 6.45) is 0. The number of hydrogen-bond donors (Lipinski definition) is 1. The molecule has 2 heterocycles. The normalized spacial score (nSPS) is 11.8. The maximum atomic E-state index is 11.3. The van der Waals surface area contributed by atoms with Gasteiger partial charge in [0.15, 0.2) is 5.82 Å². The summed E-state index contributed by atoms with van der Waals surface area (Å²) in [6.45, 7) is 11.2. The van der Waals surface area contributed by atoms with E-state index in [1.54, 1.807) is 0 Å². The number of amides is 1. The average Bonchev–Trinajstić information content (AvgIpc) is 2.87. The van der Waals surface area contributed by atoms with Gasteiger partial charge in [0.1, 0.15) is 0 Å². The van der Waals surface area contributed by atoms with Gasteiger partial charge in [-0.3, -0.25) is 9.78 Å². The highest BCUT2D eigenvalue weighted by Gasteiger charge is 2.28. The van der Waals surface area contributed by atoms with Crippen molar-refractivity contribution in [2.45, 2.75) is 53.0 Å². The highest BCUT2D eigenvalue weighted by molar-refractivity contribution is 5.73. The molecule has 0 saturated carbocycles. The maximum absolute atomic E-state index is 11.3. The monoisotopic (exact) mass is 302 g/mol. The summed E-state index contributed by atoms with van der Waals surface area (Å²) >= 11 is 0. The molecule has 2 aromatic heterocycles. The lowest BCUT2D eigenvalue weighted by molar-refractivity contribution is -0.120. The van der Waals surface area contributed by atoms with Crippen molar-refractivity contribution in [3.8, 4) is 11.5 Å². The first-order valence-electron chi connectivity index (χ1n) is 7.31. The summed E-state index contributed by atoms with van der Waals surface area (Å²) in [7, 11) is 0. The van der Waals surface area contributed by atoms with E-state index in [-0.39, 0.29) is 11.8 Å². The van der Waals surface area contributed by atoms with Gasteiger partial charge in [0.05, 0.1) is 16.8 Å². The molecule has 0 aliphatic heterocycles. The molecule has 2 rings (SSSR count). The van der Waals surface area contributed by atoms with Crippen molar-refractivity contribution in [2.24, 2.45) is 0 Å². The second kappa shape index (κ2) is 5.87. The number of carbonyl (C=O) groups excluding carboxylic acids is 1. The first-order chi connectivity index (χ1) is 10.2. The predicted molar refractivity (Wildman–Crippen MR) is 83.2 cm³/mol. The van der Waals surface area contributed by atoms with Gasteiger partial charge >= 0.3 is 0 Å². The SMILES string of the molecule is CC(=O)NC(C)(C)c1noc(-c2ccc(C)nc2C(C)C)n1. The largest absolute Gasteiger partial charge is 0.344 e. The fraction of sp³-hybridized carbons (Fsp3) is 0.500. The smallest absolute Gasteiger partial charge is 0.259 e. The Morgan fingerprint density at radius 2 is 1.95 bits per heavy atom. The molecule has 2 aromatic rings. The summed E-state index contributed by atoms with van der Waals surface area (Å²) in [5, 5.41) is 6.82. The Morgan fingerprint density at radius 3 is 2.55 bits per heavy atom. The van der Waals surface area contributed by atoms with Crippen LogP contribution in [0.4, 0.5) is 0 Å². The van der Waals surface area contributed by atoms with Gasteiger partial charge in [-0.05, 0) is 38.8 Å². The van der Waals surface area contributed by atoms with Crippen LogP contribution in [0.25, 0.3) is 11.5 Å². The molecule has 6 nitrogen and oxygen atoms in total. The molecule has 0 bridgehead atoms. The van der Waals surface area contributed by atoms with Crippen LogP contribution in [0.15, 0.2) is 16.7 Å². The van der Waals surface area contributed by atoms with Gasteiger partial charge in [-0.2, -0.15) is 4.98 Å². The second-order valence-corrected chi connectivity index (χ2v) is 6.27. The van der Waals surface area contributed by atoms with Gasteiger partial charge in [0, 0.05) is 12.6 Å². The van der Waals surface area contributed by atoms with Gasteiger partial charge in [-0.15, -0.1) is 0 Å². The molecule has 0 radical (unpaired) electrons. The molecule has 0 aliphatic carbocycles. The highest BCUT2D eigenvalue weighted by atomic mass is 16.5. The summed E-state index contributed by atoms with van der Waals surface area (Å²) in [6, 6.07) is 3.87. The first kappa shape index (κ1) is 16.1. The molecule has 0 aromatic carbocycles. The number of pyridine rings is 1. The summed E-state index contributed by atoms with van der Waals surface area (Å²) in [5.41, 5.74) is 2.01. The van der Waals surface area contributed by atoms with Crippen molar-refractivity contribution < 1.29 is 9.32 Å². The standard InChI is InChI=1S/C16H22N4O2/c1-9(2)13-12(8-7-10(3)17-13)14-18-15(20-22-14)16(5,6)19-11(4)21/h7-9H,1-6H3,(H,19,21). The van der Waals surface area contributed by atoms with Crippen LogP contribution in [-0.4, -0.2) is 21.0 Å². The molecule has 1 amide bonds. The molecule has 0 saturated heterocycles. The highest BCUT2D eigenvalue weighted by Crippen LogP contribution is 2.28. The van der Waals surface area contributed by atoms with Crippen LogP contribution in [0, 0.1) is 6.92 Å². The van der Waals surface area contributed by atoms with E-state index in [0.29, 0.717) is 11.7 Å². The molecule has 0 aliphatic rings. The quantitative estimate of drug-likeness (QED) is 0.939. The molecular weight excluding hydrogens is 280 g/mol. The molecular formula is C16H22N4O2. The Hall–Kier alpha value is -2.24. The Kier molecular flexibility index (Phi) is 4.30. The summed E-state index contributed by atoms with van der Waals surface area (Å²) in [4.78, 5) is 20.3. The number of hydrogen-bond acceptors (Lipinski definition) is 5. The van der Waals surface area contributed by atoms with Gasteiger partial charge in [-0.25, -0.2) is 0 Å². The van der Waals surface area contributed by atoms with Crippen LogP contribution in [0.2, 0.25) is 0 Å². The lowest BCUT2D eigenvalue weighted by atomic mass is 10.0. The number of aromatic nitrogens is 3. The minimum absolute atomic E-state index is 0.142. The zero-order valence-corrected chi connectivity index (χ0v) is 13.9. The Balaban J connectivity index is 2.42. The van der Waals surface area contributed by atoms with Crippen LogP contribution in [-0.2, 0) is 10.3 Å². The van der Waals surface area contributed by atoms with Crippen LogP contribution in [0.1, 0.15) is 57.7 Å². The number of carbonyl (C=O) groups is 1. The van der Waals surface area contributed by atoms with E-state index in [0.717, 1.165) is 17.0 Å². The lowest BCUT2D eigenvalue weighted by Gasteiger charge is -2.20. The third kappa shape index (κ3) is 3.32. The van der Waals surface area contributed by atoms with Crippen LogP contribution < -0.4 is 5.32 Å². The number of nitrogens with one attached hydrogen (secondary N) is 1. The molecule has 6 heteroatoms. The predicted octanol–water partition coefficient (Wildman–Crippen LogP) is 2.93. The second-order valence-electron chi connectivity index (χ2n) is 6.27. The van der Waals surface area contributed by atoms with Crippen molar-refractivity contribution >= 4 is 5.91 Å². The minimum atomic E-state index is -0.691. The minimum Gasteiger partial charge on any atom is -0.344 e. The molecule has 0 unspecified atom stereocenters. The van der Waals surface area contributed by atoms with E-state index in [9.17, 15) is 4.79 Å². The molecule has 0 atom stereocenters. The third-order valence-corrected chi connectivity index (χ3v) is 3.31. The molecule has 22 heavy (non-hydrogen) atoms. The fourth-order valence-corrected chi connectivity index (χ4v) is 2.28. The van der Waals surface area contributed by atoms with Crippen molar-refractivity contribution in [1.82, 2.24) is 20.4 Å². The molecule has 0 fully saturated rings. The van der Waals surface area contributed by atoms with Crippen molar-refractivity contribution in [1.29, 1.82) is 0 Å². The summed E-state index contributed by atoms with van der Waals surface area (Å²) in [5.74, 6) is 0.961. The van der Waals surface area contributed by atoms with Gasteiger partial charge in [0.25, 0.3) is 5.89 Å². The molecule has 0 spiro atoms. The van der Waals surface area contributed by atoms with Crippen molar-refractivity contribution in [3.63, 3.8) is 0 Å². The van der Waals surface area contributed by atoms with Crippen molar-refractivity contribution in [3.05, 3.63) is 29.3 Å². The first-order valence-corrected chi connectivity index (χ1v) is 7.31. The van der Waals surface area contributed by atoms with E-state index in [4.69, 9.17) is 4.52 Å². The zero-order valence-electron chi connectivity index (χ0n) is 13.9. The van der Waals surface area contributed by atoms with E-state index in [1.165, 1.54) is 6.92 Å². The van der Waals surface area contributed by atoms with Gasteiger partial charge in [-0.1, -0.05) is 19.0 Å². The number of nitrogens with zero attached hydrogens (tertiary/aromatic N) is 3. The van der Waals surface area contributed by atoms with E-state index < -0.39 is 5.54 Å². The lowest BCUT2D eigenvalue weighted by Crippen LogP contribution is -2.40.